The minimum absolute atomic E-state index is 0.0376. The number of nitro groups is 2. The summed E-state index contributed by atoms with van der Waals surface area (Å²) in [7, 11) is 0. The molecule has 0 heterocycles. The van der Waals surface area contributed by atoms with Gasteiger partial charge in [-0.3, -0.25) is 25.0 Å². The van der Waals surface area contributed by atoms with Gasteiger partial charge in [-0.25, -0.2) is 0 Å². The van der Waals surface area contributed by atoms with Gasteiger partial charge in [0.05, 0.1) is 9.85 Å². The molecule has 3 aromatic rings. The Balaban J connectivity index is 1.58. The highest BCUT2D eigenvalue weighted by atomic mass is 32.2. The minimum atomic E-state index is -0.492. The standard InChI is InChI=1S/C21H15N3O5S/c25-21(13-4-15-2-1-3-18(14-15)24(28)29)22-16-5-9-19(10-6-16)30-20-11-7-17(8-12-20)23(26)27/h1-14H,(H,22,25). The van der Waals surface area contributed by atoms with Crippen molar-refractivity contribution in [1.29, 1.82) is 0 Å². The van der Waals surface area contributed by atoms with E-state index in [0.29, 0.717) is 11.3 Å². The second-order valence-corrected chi connectivity index (χ2v) is 7.20. The molecule has 0 aliphatic carbocycles. The number of nitrogens with one attached hydrogen (secondary N) is 1. The number of hydrogen-bond acceptors (Lipinski definition) is 6. The molecule has 0 saturated carbocycles. The molecule has 0 atom stereocenters. The van der Waals surface area contributed by atoms with Crippen LogP contribution in [0.2, 0.25) is 0 Å². The van der Waals surface area contributed by atoms with Crippen LogP contribution in [0.25, 0.3) is 6.08 Å². The number of carbonyl (C=O) groups excluding carboxylic acids is 1. The van der Waals surface area contributed by atoms with Crippen LogP contribution in [0.15, 0.2) is 88.7 Å². The van der Waals surface area contributed by atoms with Gasteiger partial charge in [0, 0.05) is 45.8 Å². The number of nitro benzene ring substituents is 2. The number of carbonyl (C=O) groups is 1. The highest BCUT2D eigenvalue weighted by molar-refractivity contribution is 7.99. The lowest BCUT2D eigenvalue weighted by molar-refractivity contribution is -0.385. The molecule has 9 heteroatoms. The molecule has 0 aliphatic rings. The Morgan fingerprint density at radius 2 is 1.43 bits per heavy atom. The van der Waals surface area contributed by atoms with Gasteiger partial charge >= 0.3 is 0 Å². The zero-order valence-corrected chi connectivity index (χ0v) is 16.2. The first kappa shape index (κ1) is 20.7. The quantitative estimate of drug-likeness (QED) is 0.314. The van der Waals surface area contributed by atoms with E-state index < -0.39 is 9.85 Å². The van der Waals surface area contributed by atoms with Crippen molar-refractivity contribution < 1.29 is 14.6 Å². The SMILES string of the molecule is O=C(C=Cc1cccc([N+](=O)[O-])c1)Nc1ccc(Sc2ccc([N+](=O)[O-])cc2)cc1. The largest absolute Gasteiger partial charge is 0.323 e. The van der Waals surface area contributed by atoms with Crippen molar-refractivity contribution in [2.75, 3.05) is 5.32 Å². The van der Waals surface area contributed by atoms with E-state index in [0.717, 1.165) is 9.79 Å². The van der Waals surface area contributed by atoms with Gasteiger partial charge in [-0.2, -0.15) is 0 Å². The molecule has 0 fully saturated rings. The summed E-state index contributed by atoms with van der Waals surface area (Å²) >= 11 is 1.44. The van der Waals surface area contributed by atoms with E-state index >= 15 is 0 Å². The molecule has 0 aliphatic heterocycles. The Morgan fingerprint density at radius 1 is 0.833 bits per heavy atom. The molecule has 0 spiro atoms. The van der Waals surface area contributed by atoms with Crippen LogP contribution >= 0.6 is 11.8 Å². The van der Waals surface area contributed by atoms with Crippen LogP contribution in [-0.4, -0.2) is 15.8 Å². The van der Waals surface area contributed by atoms with Crippen molar-refractivity contribution in [3.8, 4) is 0 Å². The van der Waals surface area contributed by atoms with E-state index in [4.69, 9.17) is 0 Å². The highest BCUT2D eigenvalue weighted by Crippen LogP contribution is 2.29. The van der Waals surface area contributed by atoms with Crippen LogP contribution in [0.3, 0.4) is 0 Å². The van der Waals surface area contributed by atoms with E-state index in [-0.39, 0.29) is 17.3 Å². The van der Waals surface area contributed by atoms with E-state index in [1.165, 1.54) is 48.2 Å². The van der Waals surface area contributed by atoms with Crippen molar-refractivity contribution in [3.05, 3.63) is 105 Å². The fraction of sp³-hybridized carbons (Fsp3) is 0. The molecule has 150 valence electrons. The van der Waals surface area contributed by atoms with Gasteiger partial charge in [0.25, 0.3) is 11.4 Å². The molecular weight excluding hydrogens is 406 g/mol. The highest BCUT2D eigenvalue weighted by Gasteiger charge is 2.06. The molecule has 8 nitrogen and oxygen atoms in total. The predicted molar refractivity (Wildman–Crippen MR) is 114 cm³/mol. The molecule has 0 saturated heterocycles. The molecule has 3 aromatic carbocycles. The lowest BCUT2D eigenvalue weighted by Crippen LogP contribution is -2.07. The van der Waals surface area contributed by atoms with Crippen LogP contribution in [0.1, 0.15) is 5.56 Å². The molecule has 0 bridgehead atoms. The van der Waals surface area contributed by atoms with E-state index in [1.807, 2.05) is 12.1 Å². The Bertz CT molecular complexity index is 1110. The average Bonchev–Trinajstić information content (AvgIpc) is 2.74. The average molecular weight is 421 g/mol. The summed E-state index contributed by atoms with van der Waals surface area (Å²) in [5, 5.41) is 24.2. The molecule has 30 heavy (non-hydrogen) atoms. The van der Waals surface area contributed by atoms with Crippen LogP contribution in [0, 0.1) is 20.2 Å². The number of hydrogen-bond donors (Lipinski definition) is 1. The fourth-order valence-electron chi connectivity index (χ4n) is 2.48. The molecule has 1 N–H and O–H groups in total. The normalized spacial score (nSPS) is 10.7. The fourth-order valence-corrected chi connectivity index (χ4v) is 3.29. The van der Waals surface area contributed by atoms with E-state index in [9.17, 15) is 25.0 Å². The molecule has 0 aromatic heterocycles. The first-order valence-corrected chi connectivity index (χ1v) is 9.48. The second kappa shape index (κ2) is 9.48. The van der Waals surface area contributed by atoms with E-state index in [1.54, 1.807) is 36.4 Å². The Morgan fingerprint density at radius 3 is 2.03 bits per heavy atom. The van der Waals surface area contributed by atoms with Crippen LogP contribution in [0.5, 0.6) is 0 Å². The third kappa shape index (κ3) is 5.76. The lowest BCUT2D eigenvalue weighted by atomic mass is 10.2. The van der Waals surface area contributed by atoms with Gasteiger partial charge in [-0.15, -0.1) is 0 Å². The monoisotopic (exact) mass is 421 g/mol. The summed E-state index contributed by atoms with van der Waals surface area (Å²) in [6.07, 6.45) is 2.81. The molecule has 1 amide bonds. The number of benzene rings is 3. The maximum absolute atomic E-state index is 12.1. The van der Waals surface area contributed by atoms with Crippen molar-refractivity contribution >= 4 is 40.8 Å². The minimum Gasteiger partial charge on any atom is -0.323 e. The topological polar surface area (TPSA) is 115 Å². The zero-order valence-electron chi connectivity index (χ0n) is 15.4. The molecule has 0 radical (unpaired) electrons. The molecular formula is C21H15N3O5S. The molecule has 0 unspecified atom stereocenters. The maximum Gasteiger partial charge on any atom is 0.270 e. The van der Waals surface area contributed by atoms with Gasteiger partial charge in [-0.05, 0) is 48.0 Å². The third-order valence-corrected chi connectivity index (χ3v) is 4.93. The Labute approximate surface area is 175 Å². The number of nitrogens with zero attached hydrogens (tertiary/aromatic N) is 2. The van der Waals surface area contributed by atoms with E-state index in [2.05, 4.69) is 5.32 Å². The maximum atomic E-state index is 12.1. The van der Waals surface area contributed by atoms with Crippen molar-refractivity contribution in [1.82, 2.24) is 0 Å². The van der Waals surface area contributed by atoms with Gasteiger partial charge in [0.2, 0.25) is 5.91 Å². The summed E-state index contributed by atoms with van der Waals surface area (Å²) in [5.41, 5.74) is 1.14. The number of anilines is 1. The molecule has 3 rings (SSSR count). The number of rotatable bonds is 7. The third-order valence-electron chi connectivity index (χ3n) is 3.91. The summed E-state index contributed by atoms with van der Waals surface area (Å²) in [6.45, 7) is 0. The van der Waals surface area contributed by atoms with Crippen LogP contribution < -0.4 is 5.32 Å². The summed E-state index contributed by atoms with van der Waals surface area (Å²) < 4.78 is 0. The Kier molecular flexibility index (Phi) is 6.56. The summed E-state index contributed by atoms with van der Waals surface area (Å²) in [6, 6.07) is 19.4. The van der Waals surface area contributed by atoms with Crippen molar-refractivity contribution in [2.24, 2.45) is 0 Å². The smallest absolute Gasteiger partial charge is 0.270 e. The Hall–Kier alpha value is -3.98. The number of amides is 1. The van der Waals surface area contributed by atoms with Gasteiger partial charge in [-0.1, -0.05) is 23.9 Å². The van der Waals surface area contributed by atoms with Crippen molar-refractivity contribution in [3.63, 3.8) is 0 Å². The predicted octanol–water partition coefficient (Wildman–Crippen LogP) is 5.31. The first-order chi connectivity index (χ1) is 14.4. The second-order valence-electron chi connectivity index (χ2n) is 6.05. The van der Waals surface area contributed by atoms with Gasteiger partial charge < -0.3 is 5.32 Å². The summed E-state index contributed by atoms with van der Waals surface area (Å²) in [5.74, 6) is -0.364. The number of non-ortho nitro benzene ring substituents is 2. The van der Waals surface area contributed by atoms with Crippen LogP contribution in [0.4, 0.5) is 17.1 Å². The van der Waals surface area contributed by atoms with Gasteiger partial charge in [0.15, 0.2) is 0 Å². The van der Waals surface area contributed by atoms with Crippen molar-refractivity contribution in [2.45, 2.75) is 9.79 Å². The van der Waals surface area contributed by atoms with Crippen LogP contribution in [-0.2, 0) is 4.79 Å². The summed E-state index contributed by atoms with van der Waals surface area (Å²) in [4.78, 5) is 34.4. The zero-order chi connectivity index (χ0) is 21.5. The first-order valence-electron chi connectivity index (χ1n) is 8.66. The van der Waals surface area contributed by atoms with Gasteiger partial charge in [0.1, 0.15) is 0 Å². The lowest BCUT2D eigenvalue weighted by Gasteiger charge is -2.05.